The Morgan fingerprint density at radius 2 is 1.96 bits per heavy atom. The zero-order valence-corrected chi connectivity index (χ0v) is 14.9. The molecule has 0 aliphatic heterocycles. The van der Waals surface area contributed by atoms with E-state index in [2.05, 4.69) is 25.8 Å². The molecule has 2 heterocycles. The van der Waals surface area contributed by atoms with Crippen LogP contribution in [0.2, 0.25) is 0 Å². The van der Waals surface area contributed by atoms with Gasteiger partial charge >= 0.3 is 0 Å². The maximum atomic E-state index is 12.2. The molecule has 0 spiro atoms. The van der Waals surface area contributed by atoms with Crippen molar-refractivity contribution in [1.29, 1.82) is 0 Å². The third kappa shape index (κ3) is 4.15. The molecule has 0 bridgehead atoms. The lowest BCUT2D eigenvalue weighted by Crippen LogP contribution is -2.12. The van der Waals surface area contributed by atoms with Gasteiger partial charge in [0, 0.05) is 17.8 Å². The van der Waals surface area contributed by atoms with E-state index >= 15 is 0 Å². The lowest BCUT2D eigenvalue weighted by molar-refractivity contribution is 0.102. The summed E-state index contributed by atoms with van der Waals surface area (Å²) in [6.07, 6.45) is 0. The molecule has 3 aromatic rings. The van der Waals surface area contributed by atoms with Gasteiger partial charge in [-0.25, -0.2) is 4.98 Å². The van der Waals surface area contributed by atoms with Crippen molar-refractivity contribution in [3.05, 3.63) is 52.0 Å². The molecule has 0 radical (unpaired) electrons. The summed E-state index contributed by atoms with van der Waals surface area (Å²) in [5, 5.41) is 17.8. The Hall–Kier alpha value is -2.32. The average Bonchev–Trinajstić information content (AvgIpc) is 3.23. The van der Waals surface area contributed by atoms with Crippen LogP contribution in [0.5, 0.6) is 0 Å². The van der Waals surface area contributed by atoms with Crippen LogP contribution in [0, 0.1) is 0 Å². The van der Waals surface area contributed by atoms with Crippen LogP contribution in [0.4, 0.5) is 10.3 Å². The highest BCUT2D eigenvalue weighted by molar-refractivity contribution is 7.15. The minimum Gasteiger partial charge on any atom is -0.357 e. The summed E-state index contributed by atoms with van der Waals surface area (Å²) in [4.78, 5) is 16.5. The number of carbonyl (C=O) groups excluding carboxylic acids is 1. The molecule has 24 heavy (non-hydrogen) atoms. The molecular weight excluding hydrogens is 342 g/mol. The van der Waals surface area contributed by atoms with Gasteiger partial charge in [0.2, 0.25) is 5.13 Å². The molecule has 1 aromatic carbocycles. The standard InChI is InChI=1S/C16H17N5OS2/c1-10(2)14-20-21-16(24-14)19-13(22)12-9-23-15(18-12)17-8-11-6-4-3-5-7-11/h3-7,9-10H,8H2,1-2H3,(H,17,18)(H,19,21,22). The molecule has 3 rings (SSSR count). The normalized spacial score (nSPS) is 10.8. The summed E-state index contributed by atoms with van der Waals surface area (Å²) in [6.45, 7) is 4.75. The Balaban J connectivity index is 1.58. The van der Waals surface area contributed by atoms with Crippen LogP contribution >= 0.6 is 22.7 Å². The number of thiazole rings is 1. The van der Waals surface area contributed by atoms with Gasteiger partial charge in [-0.2, -0.15) is 0 Å². The molecule has 0 aliphatic rings. The largest absolute Gasteiger partial charge is 0.357 e. The maximum absolute atomic E-state index is 12.2. The van der Waals surface area contributed by atoms with E-state index in [9.17, 15) is 4.79 Å². The van der Waals surface area contributed by atoms with E-state index in [1.807, 2.05) is 44.2 Å². The number of rotatable bonds is 6. The van der Waals surface area contributed by atoms with Gasteiger partial charge in [0.05, 0.1) is 0 Å². The van der Waals surface area contributed by atoms with Gasteiger partial charge in [-0.15, -0.1) is 21.5 Å². The lowest BCUT2D eigenvalue weighted by atomic mass is 10.2. The van der Waals surface area contributed by atoms with E-state index in [1.54, 1.807) is 5.38 Å². The smallest absolute Gasteiger partial charge is 0.277 e. The molecular formula is C16H17N5OS2. The first-order valence-electron chi connectivity index (χ1n) is 7.50. The second-order valence-electron chi connectivity index (χ2n) is 5.43. The highest BCUT2D eigenvalue weighted by atomic mass is 32.1. The number of anilines is 2. The number of carbonyl (C=O) groups is 1. The Morgan fingerprint density at radius 1 is 1.17 bits per heavy atom. The topological polar surface area (TPSA) is 79.8 Å². The minimum atomic E-state index is -0.273. The van der Waals surface area contributed by atoms with Gasteiger partial charge in [0.25, 0.3) is 5.91 Å². The summed E-state index contributed by atoms with van der Waals surface area (Å²) < 4.78 is 0. The van der Waals surface area contributed by atoms with Crippen molar-refractivity contribution < 1.29 is 4.79 Å². The number of nitrogens with one attached hydrogen (secondary N) is 2. The SMILES string of the molecule is CC(C)c1nnc(NC(=O)c2csc(NCc3ccccc3)n2)s1. The lowest BCUT2D eigenvalue weighted by Gasteiger charge is -2.02. The van der Waals surface area contributed by atoms with Crippen LogP contribution in [0.3, 0.4) is 0 Å². The van der Waals surface area contributed by atoms with Crippen LogP contribution in [0.15, 0.2) is 35.7 Å². The van der Waals surface area contributed by atoms with Crippen molar-refractivity contribution in [2.45, 2.75) is 26.3 Å². The Kier molecular flexibility index (Phi) is 5.17. The fourth-order valence-electron chi connectivity index (χ4n) is 1.91. The van der Waals surface area contributed by atoms with E-state index in [-0.39, 0.29) is 5.91 Å². The summed E-state index contributed by atoms with van der Waals surface area (Å²) in [5.74, 6) is 0.0201. The molecule has 0 aliphatic carbocycles. The Morgan fingerprint density at radius 3 is 2.67 bits per heavy atom. The van der Waals surface area contributed by atoms with E-state index in [0.29, 0.717) is 28.4 Å². The number of nitrogens with zero attached hydrogens (tertiary/aromatic N) is 3. The van der Waals surface area contributed by atoms with Gasteiger partial charge in [0.15, 0.2) is 5.13 Å². The Bertz CT molecular complexity index is 813. The monoisotopic (exact) mass is 359 g/mol. The van der Waals surface area contributed by atoms with E-state index in [4.69, 9.17) is 0 Å². The number of aromatic nitrogens is 3. The zero-order valence-electron chi connectivity index (χ0n) is 13.3. The molecule has 8 heteroatoms. The summed E-state index contributed by atoms with van der Waals surface area (Å²) >= 11 is 2.79. The number of hydrogen-bond donors (Lipinski definition) is 2. The third-order valence-electron chi connectivity index (χ3n) is 3.18. The van der Waals surface area contributed by atoms with Gasteiger partial charge in [-0.1, -0.05) is 55.5 Å². The third-order valence-corrected chi connectivity index (χ3v) is 5.12. The predicted octanol–water partition coefficient (Wildman–Crippen LogP) is 3.98. The van der Waals surface area contributed by atoms with Crippen LogP contribution in [0.1, 0.15) is 40.8 Å². The molecule has 0 unspecified atom stereocenters. The van der Waals surface area contributed by atoms with E-state index < -0.39 is 0 Å². The summed E-state index contributed by atoms with van der Waals surface area (Å²) in [7, 11) is 0. The van der Waals surface area contributed by atoms with Crippen molar-refractivity contribution >= 4 is 38.8 Å². The molecule has 1 amide bonds. The molecule has 0 atom stereocenters. The first kappa shape index (κ1) is 16.5. The summed E-state index contributed by atoms with van der Waals surface area (Å²) in [6, 6.07) is 10.0. The van der Waals surface area contributed by atoms with Crippen molar-refractivity contribution in [2.75, 3.05) is 10.6 Å². The fourth-order valence-corrected chi connectivity index (χ4v) is 3.34. The quantitative estimate of drug-likeness (QED) is 0.696. The minimum absolute atomic E-state index is 0.273. The molecule has 2 N–H and O–H groups in total. The van der Waals surface area contributed by atoms with Crippen molar-refractivity contribution in [3.63, 3.8) is 0 Å². The Labute approximate surface area is 148 Å². The van der Waals surface area contributed by atoms with Crippen LogP contribution in [-0.4, -0.2) is 21.1 Å². The number of amides is 1. The maximum Gasteiger partial charge on any atom is 0.277 e. The highest BCUT2D eigenvalue weighted by Crippen LogP contribution is 2.23. The van der Waals surface area contributed by atoms with Gasteiger partial charge in [-0.3, -0.25) is 10.1 Å². The van der Waals surface area contributed by atoms with Gasteiger partial charge in [-0.05, 0) is 5.56 Å². The zero-order chi connectivity index (χ0) is 16.9. The number of hydrogen-bond acceptors (Lipinski definition) is 7. The predicted molar refractivity (Wildman–Crippen MR) is 97.8 cm³/mol. The van der Waals surface area contributed by atoms with Gasteiger partial charge in [0.1, 0.15) is 10.7 Å². The second kappa shape index (κ2) is 7.50. The van der Waals surface area contributed by atoms with Crippen LogP contribution in [0.25, 0.3) is 0 Å². The van der Waals surface area contributed by atoms with Crippen molar-refractivity contribution in [1.82, 2.24) is 15.2 Å². The van der Waals surface area contributed by atoms with E-state index in [1.165, 1.54) is 22.7 Å². The summed E-state index contributed by atoms with van der Waals surface area (Å²) in [5.41, 5.74) is 1.53. The van der Waals surface area contributed by atoms with Gasteiger partial charge < -0.3 is 5.32 Å². The molecule has 0 saturated carbocycles. The molecule has 0 saturated heterocycles. The van der Waals surface area contributed by atoms with Crippen molar-refractivity contribution in [3.8, 4) is 0 Å². The second-order valence-corrected chi connectivity index (χ2v) is 7.30. The molecule has 124 valence electrons. The fraction of sp³-hybridized carbons (Fsp3) is 0.250. The van der Waals surface area contributed by atoms with Crippen LogP contribution < -0.4 is 10.6 Å². The molecule has 0 fully saturated rings. The first-order chi connectivity index (χ1) is 11.6. The average molecular weight is 359 g/mol. The first-order valence-corrected chi connectivity index (χ1v) is 9.19. The number of benzene rings is 1. The molecule has 6 nitrogen and oxygen atoms in total. The molecule has 2 aromatic heterocycles. The van der Waals surface area contributed by atoms with Crippen molar-refractivity contribution in [2.24, 2.45) is 0 Å². The highest BCUT2D eigenvalue weighted by Gasteiger charge is 2.14. The van der Waals surface area contributed by atoms with Crippen LogP contribution in [-0.2, 0) is 6.54 Å². The van der Waals surface area contributed by atoms with E-state index in [0.717, 1.165) is 10.6 Å².